The van der Waals surface area contributed by atoms with Crippen LogP contribution < -0.4 is 15.7 Å². The van der Waals surface area contributed by atoms with Crippen molar-refractivity contribution in [1.82, 2.24) is 5.32 Å². The Morgan fingerprint density at radius 1 is 1.04 bits per heavy atom. The van der Waals surface area contributed by atoms with Crippen LogP contribution in [0.3, 0.4) is 0 Å². The number of carbonyl (C=O) groups is 1. The summed E-state index contributed by atoms with van der Waals surface area (Å²) in [5.41, 5.74) is 2.87. The first-order valence-electron chi connectivity index (χ1n) is 8.96. The van der Waals surface area contributed by atoms with Crippen LogP contribution in [0.2, 0.25) is 0 Å². The van der Waals surface area contributed by atoms with Crippen molar-refractivity contribution < 1.29 is 13.9 Å². The molecule has 0 fully saturated rings. The maximum Gasteiger partial charge on any atom is 0.336 e. The summed E-state index contributed by atoms with van der Waals surface area (Å²) in [6.07, 6.45) is -0.656. The second-order valence-electron chi connectivity index (χ2n) is 6.88. The molecule has 1 atom stereocenters. The monoisotopic (exact) mass is 365 g/mol. The predicted octanol–water partition coefficient (Wildman–Crippen LogP) is 4.06. The minimum absolute atomic E-state index is 0.0369. The van der Waals surface area contributed by atoms with Crippen LogP contribution in [-0.4, -0.2) is 18.1 Å². The molecule has 0 aliphatic heterocycles. The summed E-state index contributed by atoms with van der Waals surface area (Å²) < 4.78 is 11.1. The molecule has 5 nitrogen and oxygen atoms in total. The summed E-state index contributed by atoms with van der Waals surface area (Å²) in [5, 5.41) is 3.62. The smallest absolute Gasteiger partial charge is 0.336 e. The van der Waals surface area contributed by atoms with Crippen LogP contribution in [-0.2, 0) is 4.79 Å². The number of carbonyl (C=O) groups excluding carboxylic acids is 1. The van der Waals surface area contributed by atoms with E-state index in [1.54, 1.807) is 19.1 Å². The minimum atomic E-state index is -0.656. The van der Waals surface area contributed by atoms with Gasteiger partial charge in [-0.25, -0.2) is 4.79 Å². The van der Waals surface area contributed by atoms with E-state index in [0.717, 1.165) is 22.1 Å². The van der Waals surface area contributed by atoms with Gasteiger partial charge in [-0.15, -0.1) is 0 Å². The largest absolute Gasteiger partial charge is 0.481 e. The summed E-state index contributed by atoms with van der Waals surface area (Å²) in [6, 6.07) is 14.7. The number of amides is 1. The molecule has 0 radical (unpaired) electrons. The summed E-state index contributed by atoms with van der Waals surface area (Å²) in [6.45, 7) is 7.47. The lowest BCUT2D eigenvalue weighted by atomic mass is 9.98. The van der Waals surface area contributed by atoms with E-state index in [-0.39, 0.29) is 11.9 Å². The fraction of sp³-hybridized carbons (Fsp3) is 0.273. The number of aryl methyl sites for hydroxylation is 1. The van der Waals surface area contributed by atoms with Gasteiger partial charge in [0.15, 0.2) is 6.10 Å². The molecule has 0 bridgehead atoms. The van der Waals surface area contributed by atoms with Gasteiger partial charge in [-0.1, -0.05) is 24.3 Å². The van der Waals surface area contributed by atoms with Crippen LogP contribution in [0.5, 0.6) is 5.75 Å². The highest BCUT2D eigenvalue weighted by Gasteiger charge is 2.16. The zero-order chi connectivity index (χ0) is 19.6. The van der Waals surface area contributed by atoms with Gasteiger partial charge in [0.1, 0.15) is 11.3 Å². The van der Waals surface area contributed by atoms with E-state index in [2.05, 4.69) is 5.32 Å². The fourth-order valence-electron chi connectivity index (χ4n) is 2.97. The molecule has 140 valence electrons. The van der Waals surface area contributed by atoms with Gasteiger partial charge in [-0.2, -0.15) is 0 Å². The molecule has 1 heterocycles. The Labute approximate surface area is 158 Å². The Kier molecular flexibility index (Phi) is 5.31. The van der Waals surface area contributed by atoms with E-state index >= 15 is 0 Å². The van der Waals surface area contributed by atoms with Crippen molar-refractivity contribution in [3.63, 3.8) is 0 Å². The van der Waals surface area contributed by atoms with Crippen LogP contribution in [0.15, 0.2) is 57.7 Å². The van der Waals surface area contributed by atoms with E-state index in [0.29, 0.717) is 11.3 Å². The average Bonchev–Trinajstić information content (AvgIpc) is 2.60. The average molecular weight is 365 g/mol. The molecular weight excluding hydrogens is 342 g/mol. The Morgan fingerprint density at radius 3 is 2.48 bits per heavy atom. The van der Waals surface area contributed by atoms with Gasteiger partial charge in [0, 0.05) is 29.1 Å². The van der Waals surface area contributed by atoms with Crippen LogP contribution >= 0.6 is 0 Å². The first-order valence-corrected chi connectivity index (χ1v) is 8.96. The highest BCUT2D eigenvalue weighted by atomic mass is 16.5. The molecule has 0 aliphatic rings. The number of nitrogens with one attached hydrogen (secondary N) is 1. The fourth-order valence-corrected chi connectivity index (χ4v) is 2.97. The van der Waals surface area contributed by atoms with Crippen molar-refractivity contribution >= 4 is 16.9 Å². The molecule has 1 N–H and O–H groups in total. The molecule has 5 heteroatoms. The number of ether oxygens (including phenoxy) is 1. The number of rotatable bonds is 5. The molecule has 0 saturated heterocycles. The lowest BCUT2D eigenvalue weighted by molar-refractivity contribution is -0.127. The second-order valence-corrected chi connectivity index (χ2v) is 6.88. The van der Waals surface area contributed by atoms with Crippen LogP contribution in [0.25, 0.3) is 22.1 Å². The van der Waals surface area contributed by atoms with Crippen LogP contribution in [0.1, 0.15) is 26.3 Å². The SMILES string of the molecule is Cc1ccccc1-c1cc(=O)oc2cc(OC(C)C(=O)NC(C)C)ccc12. The van der Waals surface area contributed by atoms with Crippen molar-refractivity contribution in [2.24, 2.45) is 0 Å². The van der Waals surface area contributed by atoms with Gasteiger partial charge in [-0.05, 0) is 51.0 Å². The van der Waals surface area contributed by atoms with E-state index < -0.39 is 11.7 Å². The topological polar surface area (TPSA) is 68.5 Å². The molecule has 0 spiro atoms. The lowest BCUT2D eigenvalue weighted by Crippen LogP contribution is -2.40. The third-order valence-corrected chi connectivity index (χ3v) is 4.26. The van der Waals surface area contributed by atoms with Gasteiger partial charge in [-0.3, -0.25) is 4.79 Å². The molecule has 0 aliphatic carbocycles. The van der Waals surface area contributed by atoms with Crippen LogP contribution in [0, 0.1) is 6.92 Å². The normalized spacial score (nSPS) is 12.2. The minimum Gasteiger partial charge on any atom is -0.481 e. The molecular formula is C22H23NO4. The number of hydrogen-bond donors (Lipinski definition) is 1. The molecule has 0 saturated carbocycles. The Balaban J connectivity index is 1.98. The van der Waals surface area contributed by atoms with Crippen molar-refractivity contribution in [3.8, 4) is 16.9 Å². The van der Waals surface area contributed by atoms with E-state index in [4.69, 9.17) is 9.15 Å². The Bertz CT molecular complexity index is 1040. The van der Waals surface area contributed by atoms with Crippen LogP contribution in [0.4, 0.5) is 0 Å². The van der Waals surface area contributed by atoms with Crippen molar-refractivity contribution in [2.45, 2.75) is 39.8 Å². The zero-order valence-electron chi connectivity index (χ0n) is 15.9. The molecule has 1 amide bonds. The lowest BCUT2D eigenvalue weighted by Gasteiger charge is -2.17. The van der Waals surface area contributed by atoms with Crippen molar-refractivity contribution in [2.75, 3.05) is 0 Å². The van der Waals surface area contributed by atoms with Gasteiger partial charge >= 0.3 is 5.63 Å². The highest BCUT2D eigenvalue weighted by Crippen LogP contribution is 2.31. The number of fused-ring (bicyclic) bond motifs is 1. The predicted molar refractivity (Wildman–Crippen MR) is 106 cm³/mol. The summed E-state index contributed by atoms with van der Waals surface area (Å²) in [4.78, 5) is 24.1. The molecule has 27 heavy (non-hydrogen) atoms. The third-order valence-electron chi connectivity index (χ3n) is 4.26. The maximum atomic E-state index is 12.1. The molecule has 2 aromatic carbocycles. The van der Waals surface area contributed by atoms with Crippen molar-refractivity contribution in [1.29, 1.82) is 0 Å². The Morgan fingerprint density at radius 2 is 1.78 bits per heavy atom. The van der Waals surface area contributed by atoms with Crippen molar-refractivity contribution in [3.05, 3.63) is 64.5 Å². The molecule has 1 unspecified atom stereocenters. The van der Waals surface area contributed by atoms with E-state index in [1.807, 2.05) is 51.1 Å². The van der Waals surface area contributed by atoms with E-state index in [9.17, 15) is 9.59 Å². The summed E-state index contributed by atoms with van der Waals surface area (Å²) in [7, 11) is 0. The summed E-state index contributed by atoms with van der Waals surface area (Å²) >= 11 is 0. The highest BCUT2D eigenvalue weighted by molar-refractivity contribution is 5.94. The molecule has 3 aromatic rings. The molecule has 1 aromatic heterocycles. The number of hydrogen-bond acceptors (Lipinski definition) is 4. The molecule has 3 rings (SSSR count). The van der Waals surface area contributed by atoms with Gasteiger partial charge in [0.05, 0.1) is 0 Å². The van der Waals surface area contributed by atoms with E-state index in [1.165, 1.54) is 6.07 Å². The van der Waals surface area contributed by atoms with Gasteiger partial charge in [0.25, 0.3) is 5.91 Å². The van der Waals surface area contributed by atoms with Gasteiger partial charge < -0.3 is 14.5 Å². The first-order chi connectivity index (χ1) is 12.8. The maximum absolute atomic E-state index is 12.1. The zero-order valence-corrected chi connectivity index (χ0v) is 15.9. The quantitative estimate of drug-likeness (QED) is 0.692. The third kappa shape index (κ3) is 4.19. The van der Waals surface area contributed by atoms with Gasteiger partial charge in [0.2, 0.25) is 0 Å². The standard InChI is InChI=1S/C22H23NO4/c1-13(2)23-22(25)15(4)26-16-9-10-18-19(12-21(24)27-20(18)11-16)17-8-6-5-7-14(17)3/h5-13,15H,1-4H3,(H,23,25). The second kappa shape index (κ2) is 7.66. The number of benzene rings is 2. The summed E-state index contributed by atoms with van der Waals surface area (Å²) in [5.74, 6) is 0.277. The first kappa shape index (κ1) is 18.7. The Hall–Kier alpha value is -3.08.